The molecule has 32 heavy (non-hydrogen) atoms. The minimum Gasteiger partial charge on any atom is -0.465 e. The van der Waals surface area contributed by atoms with Crippen molar-refractivity contribution in [3.8, 4) is 0 Å². The predicted octanol–water partition coefficient (Wildman–Crippen LogP) is 5.08. The van der Waals surface area contributed by atoms with Crippen LogP contribution in [0.3, 0.4) is 0 Å². The van der Waals surface area contributed by atoms with Crippen LogP contribution in [0, 0.1) is 5.82 Å². The molecule has 3 aromatic rings. The number of amides is 1. The molecular formula is C22H21BrClFN4O3. The fraction of sp³-hybridized carbons (Fsp3) is 0.318. The Bertz CT molecular complexity index is 1180. The number of aromatic nitrogens is 2. The second-order valence-electron chi connectivity index (χ2n) is 7.45. The molecule has 1 amide bonds. The van der Waals surface area contributed by atoms with E-state index in [0.29, 0.717) is 22.8 Å². The Balaban J connectivity index is 1.74. The summed E-state index contributed by atoms with van der Waals surface area (Å²) in [5.41, 5.74) is 0.879. The summed E-state index contributed by atoms with van der Waals surface area (Å²) >= 11 is 9.61. The first-order chi connectivity index (χ1) is 15.4. The summed E-state index contributed by atoms with van der Waals surface area (Å²) < 4.78 is 23.6. The van der Waals surface area contributed by atoms with Crippen LogP contribution >= 0.6 is 27.7 Å². The van der Waals surface area contributed by atoms with Crippen molar-refractivity contribution in [2.24, 2.45) is 0 Å². The van der Waals surface area contributed by atoms with Crippen LogP contribution < -0.4 is 3.93 Å². The van der Waals surface area contributed by atoms with Crippen LogP contribution in [0.15, 0.2) is 36.7 Å². The van der Waals surface area contributed by atoms with Gasteiger partial charge in [-0.3, -0.25) is 8.72 Å². The zero-order valence-electron chi connectivity index (χ0n) is 17.4. The Morgan fingerprint density at radius 2 is 2.00 bits per heavy atom. The molecule has 4 rings (SSSR count). The summed E-state index contributed by atoms with van der Waals surface area (Å²) in [6.45, 7) is 1.88. The molecule has 2 heterocycles. The van der Waals surface area contributed by atoms with Gasteiger partial charge in [0.25, 0.3) is 0 Å². The summed E-state index contributed by atoms with van der Waals surface area (Å²) in [6.07, 6.45) is 3.78. The van der Waals surface area contributed by atoms with E-state index >= 15 is 4.39 Å². The largest absolute Gasteiger partial charge is 0.465 e. The average molecular weight is 524 g/mol. The van der Waals surface area contributed by atoms with Crippen molar-refractivity contribution in [3.63, 3.8) is 0 Å². The van der Waals surface area contributed by atoms with Crippen LogP contribution in [0.2, 0.25) is 5.02 Å². The molecule has 1 aliphatic rings. The Labute approximate surface area is 198 Å². The molecule has 0 spiro atoms. The molecule has 1 aliphatic heterocycles. The summed E-state index contributed by atoms with van der Waals surface area (Å²) in [5.74, 6) is -1.36. The number of halogens is 3. The molecule has 1 saturated heterocycles. The number of aryl methyl sites for hydroxylation is 1. The summed E-state index contributed by atoms with van der Waals surface area (Å²) in [4.78, 5) is 31.0. The number of esters is 1. The van der Waals surface area contributed by atoms with Crippen LogP contribution in [-0.4, -0.2) is 46.5 Å². The van der Waals surface area contributed by atoms with Crippen LogP contribution in [0.4, 0.5) is 15.8 Å². The smallest absolute Gasteiger partial charge is 0.340 e. The van der Waals surface area contributed by atoms with Crippen molar-refractivity contribution in [2.45, 2.75) is 25.8 Å². The number of carbonyl (C=O) groups excluding carboxylic acids is 2. The molecule has 10 heteroatoms. The number of para-hydroxylation sites is 1. The lowest BCUT2D eigenvalue weighted by Crippen LogP contribution is -2.28. The fourth-order valence-electron chi connectivity index (χ4n) is 3.86. The Morgan fingerprint density at radius 3 is 2.69 bits per heavy atom. The maximum atomic E-state index is 15.7. The van der Waals surface area contributed by atoms with E-state index in [2.05, 4.69) is 21.1 Å². The van der Waals surface area contributed by atoms with Crippen LogP contribution in [0.5, 0.6) is 0 Å². The fourth-order valence-corrected chi connectivity index (χ4v) is 4.83. The predicted molar refractivity (Wildman–Crippen MR) is 124 cm³/mol. The van der Waals surface area contributed by atoms with Crippen molar-refractivity contribution >= 4 is 62.0 Å². The number of nitrogens with zero attached hydrogens (tertiary/aromatic N) is 4. The van der Waals surface area contributed by atoms with Gasteiger partial charge < -0.3 is 14.2 Å². The summed E-state index contributed by atoms with van der Waals surface area (Å²) in [7, 11) is 1.23. The minimum atomic E-state index is -0.710. The quantitative estimate of drug-likeness (QED) is 0.333. The first-order valence-corrected chi connectivity index (χ1v) is 11.2. The van der Waals surface area contributed by atoms with Gasteiger partial charge in [0, 0.05) is 26.1 Å². The third kappa shape index (κ3) is 4.19. The highest BCUT2D eigenvalue weighted by molar-refractivity contribution is 9.10. The number of anilines is 2. The van der Waals surface area contributed by atoms with E-state index in [1.54, 1.807) is 28.8 Å². The third-order valence-corrected chi connectivity index (χ3v) is 6.58. The van der Waals surface area contributed by atoms with Crippen molar-refractivity contribution in [3.05, 3.63) is 53.1 Å². The van der Waals surface area contributed by atoms with E-state index in [1.807, 2.05) is 4.90 Å². The van der Waals surface area contributed by atoms with E-state index in [0.717, 1.165) is 25.9 Å². The molecule has 0 aliphatic carbocycles. The number of rotatable bonds is 6. The van der Waals surface area contributed by atoms with Gasteiger partial charge in [0.15, 0.2) is 5.82 Å². The number of methoxy groups -OCH3 is 1. The number of likely N-dealkylation sites (tertiary alicyclic amines) is 1. The van der Waals surface area contributed by atoms with E-state index in [-0.39, 0.29) is 29.1 Å². The van der Waals surface area contributed by atoms with Gasteiger partial charge in [-0.1, -0.05) is 23.7 Å². The standard InChI is InChI=1S/C22H21BrClFN4O3/c1-32-22(31)14-12-17-20(19(25)21(14)29(23)16-7-3-2-6-15(16)24)26-13-28(17)11-8-18(30)27-9-4-5-10-27/h2-3,6-7,12-13H,4-5,8-11H2,1H3. The Hall–Kier alpha value is -2.65. The van der Waals surface area contributed by atoms with Gasteiger partial charge in [-0.25, -0.2) is 14.2 Å². The monoisotopic (exact) mass is 522 g/mol. The van der Waals surface area contributed by atoms with E-state index in [9.17, 15) is 9.59 Å². The van der Waals surface area contributed by atoms with Gasteiger partial charge in [0.2, 0.25) is 5.91 Å². The maximum absolute atomic E-state index is 15.7. The SMILES string of the molecule is COC(=O)c1cc2c(ncn2CCC(=O)N2CCCC2)c(F)c1N(Br)c1ccccc1Cl. The molecule has 0 bridgehead atoms. The maximum Gasteiger partial charge on any atom is 0.340 e. The van der Waals surface area contributed by atoms with E-state index < -0.39 is 11.8 Å². The Kier molecular flexibility index (Phi) is 6.66. The number of carbonyl (C=O) groups is 2. The molecule has 2 aromatic carbocycles. The molecule has 0 atom stereocenters. The van der Waals surface area contributed by atoms with Crippen LogP contribution in [0.1, 0.15) is 29.6 Å². The normalized spacial score (nSPS) is 13.6. The van der Waals surface area contributed by atoms with E-state index in [1.165, 1.54) is 23.4 Å². The highest BCUT2D eigenvalue weighted by Crippen LogP contribution is 2.40. The summed E-state index contributed by atoms with van der Waals surface area (Å²) in [5, 5.41) is 0.366. The average Bonchev–Trinajstić information content (AvgIpc) is 3.47. The summed E-state index contributed by atoms with van der Waals surface area (Å²) in [6, 6.07) is 8.36. The zero-order valence-corrected chi connectivity index (χ0v) is 19.7. The first kappa shape index (κ1) is 22.5. The zero-order chi connectivity index (χ0) is 22.8. The number of ether oxygens (including phenoxy) is 1. The van der Waals surface area contributed by atoms with Crippen LogP contribution in [0.25, 0.3) is 11.0 Å². The highest BCUT2D eigenvalue weighted by atomic mass is 79.9. The van der Waals surface area contributed by atoms with Gasteiger partial charge in [-0.2, -0.15) is 0 Å². The minimum absolute atomic E-state index is 0.00177. The number of fused-ring (bicyclic) bond motifs is 1. The Morgan fingerprint density at radius 1 is 1.28 bits per heavy atom. The van der Waals surface area contributed by atoms with Crippen molar-refractivity contribution < 1.29 is 18.7 Å². The number of hydrogen-bond donors (Lipinski definition) is 0. The number of benzene rings is 2. The lowest BCUT2D eigenvalue weighted by molar-refractivity contribution is -0.130. The molecular weight excluding hydrogens is 503 g/mol. The van der Waals surface area contributed by atoms with Crippen molar-refractivity contribution in [1.29, 1.82) is 0 Å². The molecule has 1 aromatic heterocycles. The molecule has 1 fully saturated rings. The van der Waals surface area contributed by atoms with Gasteiger partial charge in [0.1, 0.15) is 11.2 Å². The van der Waals surface area contributed by atoms with Crippen molar-refractivity contribution in [1.82, 2.24) is 14.5 Å². The molecule has 168 valence electrons. The molecule has 7 nitrogen and oxygen atoms in total. The van der Waals surface area contributed by atoms with Crippen molar-refractivity contribution in [2.75, 3.05) is 24.1 Å². The second kappa shape index (κ2) is 9.46. The van der Waals surface area contributed by atoms with Gasteiger partial charge in [-0.15, -0.1) is 0 Å². The first-order valence-electron chi connectivity index (χ1n) is 10.2. The lowest BCUT2D eigenvalue weighted by Gasteiger charge is -2.21. The third-order valence-electron chi connectivity index (χ3n) is 5.52. The van der Waals surface area contributed by atoms with Gasteiger partial charge in [-0.05, 0) is 31.0 Å². The number of imidazole rings is 1. The molecule has 0 radical (unpaired) electrons. The second-order valence-corrected chi connectivity index (χ2v) is 8.57. The topological polar surface area (TPSA) is 67.7 Å². The van der Waals surface area contributed by atoms with Gasteiger partial charge >= 0.3 is 5.97 Å². The van der Waals surface area contributed by atoms with Gasteiger partial charge in [0.05, 0.1) is 51.4 Å². The van der Waals surface area contributed by atoms with E-state index in [4.69, 9.17) is 16.3 Å². The molecule has 0 unspecified atom stereocenters. The lowest BCUT2D eigenvalue weighted by atomic mass is 10.1. The molecule has 0 saturated carbocycles. The molecule has 0 N–H and O–H groups in total. The highest BCUT2D eigenvalue weighted by Gasteiger charge is 2.27. The van der Waals surface area contributed by atoms with Crippen LogP contribution in [-0.2, 0) is 16.1 Å². The number of hydrogen-bond acceptors (Lipinski definition) is 5.